The molecule has 1 amide bonds. The number of likely N-dealkylation sites (tertiary alicyclic amines) is 1. The Hall–Kier alpha value is -2.21. The fourth-order valence-electron chi connectivity index (χ4n) is 3.92. The van der Waals surface area contributed by atoms with Crippen molar-refractivity contribution in [3.8, 4) is 0 Å². The summed E-state index contributed by atoms with van der Waals surface area (Å²) in [6.45, 7) is 4.49. The van der Waals surface area contributed by atoms with Crippen LogP contribution in [0.1, 0.15) is 30.1 Å². The second-order valence-electron chi connectivity index (χ2n) is 7.03. The zero-order chi connectivity index (χ0) is 17.2. The molecule has 1 aromatic heterocycles. The zero-order valence-corrected chi connectivity index (χ0v) is 14.3. The lowest BCUT2D eigenvalue weighted by Crippen LogP contribution is -2.44. The minimum Gasteiger partial charge on any atom is -0.334 e. The number of fused-ring (bicyclic) bond motifs is 1. The second kappa shape index (κ2) is 6.96. The van der Waals surface area contributed by atoms with Gasteiger partial charge in [-0.15, -0.1) is 0 Å². The number of nitrogens with zero attached hydrogens (tertiary/aromatic N) is 4. The second-order valence-corrected chi connectivity index (χ2v) is 7.03. The maximum Gasteiger partial charge on any atom is 0.227 e. The molecule has 0 bridgehead atoms. The van der Waals surface area contributed by atoms with Crippen LogP contribution in [0.5, 0.6) is 0 Å². The van der Waals surface area contributed by atoms with Gasteiger partial charge in [0.05, 0.1) is 31.0 Å². The first-order valence-corrected chi connectivity index (χ1v) is 8.94. The summed E-state index contributed by atoms with van der Waals surface area (Å²) in [5, 5.41) is 0. The van der Waals surface area contributed by atoms with E-state index in [2.05, 4.69) is 14.5 Å². The molecule has 4 rings (SSSR count). The summed E-state index contributed by atoms with van der Waals surface area (Å²) >= 11 is 0. The van der Waals surface area contributed by atoms with Crippen molar-refractivity contribution in [1.29, 1.82) is 0 Å². The fraction of sp³-hybridized carbons (Fsp3) is 0.474. The lowest BCUT2D eigenvalue weighted by Gasteiger charge is -2.36. The minimum absolute atomic E-state index is 0.0458. The van der Waals surface area contributed by atoms with Crippen LogP contribution in [0.3, 0.4) is 0 Å². The summed E-state index contributed by atoms with van der Waals surface area (Å²) in [5.74, 6) is -0.251. The Bertz CT molecular complexity index is 753. The number of imidazole rings is 1. The molecule has 0 N–H and O–H groups in total. The van der Waals surface area contributed by atoms with Gasteiger partial charge in [0, 0.05) is 19.3 Å². The first-order valence-electron chi connectivity index (χ1n) is 8.94. The van der Waals surface area contributed by atoms with E-state index in [0.717, 1.165) is 30.9 Å². The molecule has 1 fully saturated rings. The van der Waals surface area contributed by atoms with E-state index in [-0.39, 0.29) is 24.2 Å². The van der Waals surface area contributed by atoms with Gasteiger partial charge in [-0.1, -0.05) is 12.1 Å². The van der Waals surface area contributed by atoms with Gasteiger partial charge in [0.1, 0.15) is 5.82 Å². The lowest BCUT2D eigenvalue weighted by molar-refractivity contribution is -0.132. The van der Waals surface area contributed by atoms with E-state index in [1.54, 1.807) is 12.1 Å². The Morgan fingerprint density at radius 3 is 2.92 bits per heavy atom. The molecule has 2 aliphatic heterocycles. The summed E-state index contributed by atoms with van der Waals surface area (Å²) in [4.78, 5) is 21.4. The van der Waals surface area contributed by atoms with Gasteiger partial charge in [0.15, 0.2) is 0 Å². The molecule has 0 radical (unpaired) electrons. The number of carbonyl (C=O) groups is 1. The van der Waals surface area contributed by atoms with Crippen molar-refractivity contribution >= 4 is 5.91 Å². The Labute approximate surface area is 147 Å². The Morgan fingerprint density at radius 2 is 2.12 bits per heavy atom. The third-order valence-corrected chi connectivity index (χ3v) is 5.19. The van der Waals surface area contributed by atoms with Crippen LogP contribution in [0.15, 0.2) is 36.8 Å². The van der Waals surface area contributed by atoms with E-state index in [4.69, 9.17) is 0 Å². The standard InChI is InChI=1S/C19H23FN4O/c20-16-5-3-4-15(8-16)9-19(25)23-12-17-10-21-14-24(17)18(13-23)11-22-6-1-2-7-22/h3-5,8,10,14,18H,1-2,6-7,9,11-13H2. The number of carbonyl (C=O) groups excluding carboxylic acids is 1. The maximum atomic E-state index is 13.4. The van der Waals surface area contributed by atoms with Gasteiger partial charge in [0.2, 0.25) is 5.91 Å². The molecule has 1 aromatic carbocycles. The molecule has 0 aliphatic carbocycles. The molecular formula is C19H23FN4O. The molecule has 6 heteroatoms. The summed E-state index contributed by atoms with van der Waals surface area (Å²) in [5.41, 5.74) is 1.79. The normalized spacial score (nSPS) is 20.7. The molecular weight excluding hydrogens is 319 g/mol. The van der Waals surface area contributed by atoms with Crippen molar-refractivity contribution in [1.82, 2.24) is 19.4 Å². The van der Waals surface area contributed by atoms with E-state index in [1.165, 1.54) is 25.0 Å². The Kier molecular flexibility index (Phi) is 4.53. The van der Waals surface area contributed by atoms with E-state index < -0.39 is 0 Å². The molecule has 2 aromatic rings. The molecule has 0 spiro atoms. The van der Waals surface area contributed by atoms with E-state index >= 15 is 0 Å². The van der Waals surface area contributed by atoms with Crippen molar-refractivity contribution in [2.24, 2.45) is 0 Å². The summed E-state index contributed by atoms with van der Waals surface area (Å²) in [6, 6.07) is 6.53. The zero-order valence-electron chi connectivity index (χ0n) is 14.3. The summed E-state index contributed by atoms with van der Waals surface area (Å²) in [7, 11) is 0. The number of aromatic nitrogens is 2. The molecule has 5 nitrogen and oxygen atoms in total. The van der Waals surface area contributed by atoms with Crippen molar-refractivity contribution in [2.45, 2.75) is 31.8 Å². The number of benzene rings is 1. The smallest absolute Gasteiger partial charge is 0.227 e. The molecule has 1 saturated heterocycles. The van der Waals surface area contributed by atoms with E-state index in [1.807, 2.05) is 17.4 Å². The van der Waals surface area contributed by atoms with Crippen LogP contribution in [-0.2, 0) is 17.8 Å². The third kappa shape index (κ3) is 3.58. The van der Waals surface area contributed by atoms with Crippen LogP contribution in [-0.4, -0.2) is 51.4 Å². The van der Waals surface area contributed by atoms with Gasteiger partial charge >= 0.3 is 0 Å². The van der Waals surface area contributed by atoms with E-state index in [9.17, 15) is 9.18 Å². The van der Waals surface area contributed by atoms with Gasteiger partial charge in [-0.05, 0) is 43.6 Å². The van der Waals surface area contributed by atoms with Gasteiger partial charge in [-0.2, -0.15) is 0 Å². The van der Waals surface area contributed by atoms with Crippen molar-refractivity contribution < 1.29 is 9.18 Å². The first-order chi connectivity index (χ1) is 12.2. The number of amides is 1. The quantitative estimate of drug-likeness (QED) is 0.856. The predicted molar refractivity (Wildman–Crippen MR) is 92.5 cm³/mol. The van der Waals surface area contributed by atoms with Gasteiger partial charge in [0.25, 0.3) is 0 Å². The molecule has 2 aliphatic rings. The Morgan fingerprint density at radius 1 is 1.28 bits per heavy atom. The molecule has 25 heavy (non-hydrogen) atoms. The number of halogens is 1. The van der Waals surface area contributed by atoms with Gasteiger partial charge in [-0.25, -0.2) is 9.37 Å². The summed E-state index contributed by atoms with van der Waals surface area (Å²) < 4.78 is 15.6. The average molecular weight is 342 g/mol. The maximum absolute atomic E-state index is 13.4. The van der Waals surface area contributed by atoms with Crippen LogP contribution < -0.4 is 0 Å². The number of rotatable bonds is 4. The minimum atomic E-state index is -0.297. The SMILES string of the molecule is O=C(Cc1cccc(F)c1)N1Cc2cncn2C(CN2CCCC2)C1. The number of hydrogen-bond acceptors (Lipinski definition) is 3. The highest BCUT2D eigenvalue weighted by atomic mass is 19.1. The van der Waals surface area contributed by atoms with Crippen LogP contribution in [0.2, 0.25) is 0 Å². The highest BCUT2D eigenvalue weighted by molar-refractivity contribution is 5.79. The monoisotopic (exact) mass is 342 g/mol. The lowest BCUT2D eigenvalue weighted by atomic mass is 10.1. The predicted octanol–water partition coefficient (Wildman–Crippen LogP) is 2.24. The van der Waals surface area contributed by atoms with Crippen molar-refractivity contribution in [3.63, 3.8) is 0 Å². The molecule has 1 unspecified atom stereocenters. The van der Waals surface area contributed by atoms with Crippen LogP contribution in [0.25, 0.3) is 0 Å². The molecule has 0 saturated carbocycles. The Balaban J connectivity index is 1.48. The molecule has 132 valence electrons. The van der Waals surface area contributed by atoms with Crippen LogP contribution >= 0.6 is 0 Å². The topological polar surface area (TPSA) is 41.4 Å². The van der Waals surface area contributed by atoms with Crippen molar-refractivity contribution in [3.05, 3.63) is 53.9 Å². The average Bonchev–Trinajstić information content (AvgIpc) is 3.26. The highest BCUT2D eigenvalue weighted by Gasteiger charge is 2.29. The highest BCUT2D eigenvalue weighted by Crippen LogP contribution is 2.24. The fourth-order valence-corrected chi connectivity index (χ4v) is 3.92. The summed E-state index contributed by atoms with van der Waals surface area (Å²) in [6.07, 6.45) is 6.48. The van der Waals surface area contributed by atoms with Crippen molar-refractivity contribution in [2.75, 3.05) is 26.2 Å². The van der Waals surface area contributed by atoms with Gasteiger partial charge < -0.3 is 14.4 Å². The first kappa shape index (κ1) is 16.3. The number of hydrogen-bond donors (Lipinski definition) is 0. The molecule has 3 heterocycles. The third-order valence-electron chi connectivity index (χ3n) is 5.19. The van der Waals surface area contributed by atoms with Crippen LogP contribution in [0, 0.1) is 5.82 Å². The van der Waals surface area contributed by atoms with Crippen LogP contribution in [0.4, 0.5) is 4.39 Å². The largest absolute Gasteiger partial charge is 0.334 e. The molecule has 1 atom stereocenters. The van der Waals surface area contributed by atoms with E-state index in [0.29, 0.717) is 13.1 Å². The van der Waals surface area contributed by atoms with Gasteiger partial charge in [-0.3, -0.25) is 4.79 Å².